The van der Waals surface area contributed by atoms with Gasteiger partial charge in [0.2, 0.25) is 17.7 Å². The van der Waals surface area contributed by atoms with Crippen LogP contribution in [0.1, 0.15) is 23.2 Å². The number of amides is 4. The van der Waals surface area contributed by atoms with Crippen LogP contribution in [0.25, 0.3) is 10.4 Å². The molecular formula is C18H22N8O4. The van der Waals surface area contributed by atoms with E-state index >= 15 is 0 Å². The standard InChI is InChI=1S/C18H22N8O4/c19-15(27)9-26-6-5-13(18(26)30)23-17(29)14-7-12(8-21-14)22-16(28)10-1-3-11(4-2-10)24-25-20/h1-4,12-14,21H,5-9H2,(H2,19,27)(H,22,28)(H,23,29)/t12-,13+,14-/m0/s1. The number of hydrogen-bond acceptors (Lipinski definition) is 6. The normalized spacial score (nSPS) is 23.0. The highest BCUT2D eigenvalue weighted by molar-refractivity contribution is 5.95. The Labute approximate surface area is 171 Å². The minimum atomic E-state index is -0.679. The van der Waals surface area contributed by atoms with Crippen LogP contribution in [-0.2, 0) is 14.4 Å². The maximum absolute atomic E-state index is 12.5. The van der Waals surface area contributed by atoms with Gasteiger partial charge >= 0.3 is 0 Å². The molecular weight excluding hydrogens is 392 g/mol. The number of nitrogens with zero attached hydrogens (tertiary/aromatic N) is 4. The van der Waals surface area contributed by atoms with E-state index in [0.717, 1.165) is 0 Å². The molecule has 30 heavy (non-hydrogen) atoms. The summed E-state index contributed by atoms with van der Waals surface area (Å²) in [5.41, 5.74) is 14.3. The maximum atomic E-state index is 12.5. The first-order valence-electron chi connectivity index (χ1n) is 9.44. The highest BCUT2D eigenvalue weighted by Crippen LogP contribution is 2.15. The lowest BCUT2D eigenvalue weighted by Crippen LogP contribution is -2.48. The van der Waals surface area contributed by atoms with Crippen LogP contribution in [-0.4, -0.2) is 66.3 Å². The van der Waals surface area contributed by atoms with Gasteiger partial charge in [-0.05, 0) is 30.5 Å². The lowest BCUT2D eigenvalue weighted by Gasteiger charge is -2.17. The van der Waals surface area contributed by atoms with Crippen molar-refractivity contribution >= 4 is 29.3 Å². The van der Waals surface area contributed by atoms with E-state index in [0.29, 0.717) is 37.2 Å². The van der Waals surface area contributed by atoms with Gasteiger partial charge in [-0.3, -0.25) is 19.2 Å². The topological polar surface area (TPSA) is 182 Å². The van der Waals surface area contributed by atoms with Gasteiger partial charge < -0.3 is 26.6 Å². The van der Waals surface area contributed by atoms with E-state index < -0.39 is 18.0 Å². The third-order valence-electron chi connectivity index (χ3n) is 5.03. The van der Waals surface area contributed by atoms with Gasteiger partial charge in [0.15, 0.2) is 0 Å². The summed E-state index contributed by atoms with van der Waals surface area (Å²) < 4.78 is 0. The summed E-state index contributed by atoms with van der Waals surface area (Å²) in [6, 6.07) is 4.71. The van der Waals surface area contributed by atoms with E-state index in [1.165, 1.54) is 17.0 Å². The van der Waals surface area contributed by atoms with Crippen molar-refractivity contribution in [2.24, 2.45) is 10.8 Å². The van der Waals surface area contributed by atoms with Crippen molar-refractivity contribution in [3.05, 3.63) is 40.3 Å². The second-order valence-electron chi connectivity index (χ2n) is 7.18. The van der Waals surface area contributed by atoms with Gasteiger partial charge in [-0.1, -0.05) is 17.2 Å². The molecule has 0 spiro atoms. The van der Waals surface area contributed by atoms with Crippen molar-refractivity contribution in [2.45, 2.75) is 31.0 Å². The highest BCUT2D eigenvalue weighted by atomic mass is 16.2. The van der Waals surface area contributed by atoms with E-state index in [9.17, 15) is 19.2 Å². The van der Waals surface area contributed by atoms with Gasteiger partial charge in [0.25, 0.3) is 5.91 Å². The second kappa shape index (κ2) is 9.25. The van der Waals surface area contributed by atoms with Gasteiger partial charge in [0.05, 0.1) is 12.6 Å². The molecule has 0 saturated carbocycles. The Kier molecular flexibility index (Phi) is 6.50. The number of hydrogen-bond donors (Lipinski definition) is 4. The summed E-state index contributed by atoms with van der Waals surface area (Å²) in [6.45, 7) is 0.611. The molecule has 2 aliphatic heterocycles. The average Bonchev–Trinajstić information content (AvgIpc) is 3.30. The molecule has 0 unspecified atom stereocenters. The molecule has 2 saturated heterocycles. The van der Waals surface area contributed by atoms with Crippen molar-refractivity contribution in [3.8, 4) is 0 Å². The Morgan fingerprint density at radius 1 is 1.27 bits per heavy atom. The van der Waals surface area contributed by atoms with Crippen LogP contribution in [0.15, 0.2) is 29.4 Å². The number of rotatable bonds is 7. The molecule has 158 valence electrons. The fourth-order valence-corrected chi connectivity index (χ4v) is 3.54. The van der Waals surface area contributed by atoms with Crippen LogP contribution in [0.3, 0.4) is 0 Å². The molecule has 5 N–H and O–H groups in total. The summed E-state index contributed by atoms with van der Waals surface area (Å²) >= 11 is 0. The third-order valence-corrected chi connectivity index (χ3v) is 5.03. The van der Waals surface area contributed by atoms with Crippen LogP contribution >= 0.6 is 0 Å². The minimum absolute atomic E-state index is 0.162. The van der Waals surface area contributed by atoms with Crippen LogP contribution in [0.5, 0.6) is 0 Å². The zero-order valence-electron chi connectivity index (χ0n) is 16.1. The van der Waals surface area contributed by atoms with Crippen LogP contribution in [0.2, 0.25) is 0 Å². The summed E-state index contributed by atoms with van der Waals surface area (Å²) in [5.74, 6) is -1.55. The number of nitrogens with one attached hydrogen (secondary N) is 3. The maximum Gasteiger partial charge on any atom is 0.251 e. The van der Waals surface area contributed by atoms with Crippen molar-refractivity contribution in [2.75, 3.05) is 19.6 Å². The van der Waals surface area contributed by atoms with E-state index in [-0.39, 0.29) is 30.3 Å². The van der Waals surface area contributed by atoms with Crippen molar-refractivity contribution in [3.63, 3.8) is 0 Å². The van der Waals surface area contributed by atoms with Crippen molar-refractivity contribution < 1.29 is 19.2 Å². The van der Waals surface area contributed by atoms with Gasteiger partial charge in [0.1, 0.15) is 6.04 Å². The number of nitrogens with two attached hydrogens (primary N) is 1. The minimum Gasteiger partial charge on any atom is -0.368 e. The van der Waals surface area contributed by atoms with Crippen LogP contribution in [0.4, 0.5) is 5.69 Å². The smallest absolute Gasteiger partial charge is 0.251 e. The number of primary amides is 1. The molecule has 3 atom stereocenters. The molecule has 1 aromatic carbocycles. The van der Waals surface area contributed by atoms with E-state index in [2.05, 4.69) is 26.0 Å². The Hall–Kier alpha value is -3.63. The predicted octanol–water partition coefficient (Wildman–Crippen LogP) is -0.709. The summed E-state index contributed by atoms with van der Waals surface area (Å²) in [5, 5.41) is 12.0. The zero-order chi connectivity index (χ0) is 21.7. The lowest BCUT2D eigenvalue weighted by molar-refractivity contribution is -0.135. The first kappa shape index (κ1) is 21.1. The molecule has 2 heterocycles. The first-order chi connectivity index (χ1) is 14.4. The van der Waals surface area contributed by atoms with Crippen LogP contribution in [0, 0.1) is 0 Å². The molecule has 0 aliphatic carbocycles. The quantitative estimate of drug-likeness (QED) is 0.261. The second-order valence-corrected chi connectivity index (χ2v) is 7.18. The number of carbonyl (C=O) groups is 4. The summed E-state index contributed by atoms with van der Waals surface area (Å²) in [4.78, 5) is 52.1. The number of carbonyl (C=O) groups excluding carboxylic acids is 4. The predicted molar refractivity (Wildman–Crippen MR) is 105 cm³/mol. The third kappa shape index (κ3) is 5.04. The summed E-state index contributed by atoms with van der Waals surface area (Å²) in [6.07, 6.45) is 0.789. The SMILES string of the molecule is [N-]=[N+]=Nc1ccc(C(=O)N[C@@H]2CN[C@H](C(=O)N[C@@H]3CCN(CC(N)=O)C3=O)C2)cc1. The largest absolute Gasteiger partial charge is 0.368 e. The first-order valence-corrected chi connectivity index (χ1v) is 9.44. The van der Waals surface area contributed by atoms with Crippen molar-refractivity contribution in [1.82, 2.24) is 20.9 Å². The highest BCUT2D eigenvalue weighted by Gasteiger charge is 2.36. The molecule has 0 radical (unpaired) electrons. The Bertz CT molecular complexity index is 896. The molecule has 0 bridgehead atoms. The Morgan fingerprint density at radius 3 is 2.67 bits per heavy atom. The Balaban J connectivity index is 1.48. The average molecular weight is 414 g/mol. The fourth-order valence-electron chi connectivity index (χ4n) is 3.54. The lowest BCUT2D eigenvalue weighted by atomic mass is 10.1. The van der Waals surface area contributed by atoms with E-state index in [1.807, 2.05) is 0 Å². The molecule has 2 fully saturated rings. The number of azide groups is 1. The van der Waals surface area contributed by atoms with Gasteiger partial charge in [-0.15, -0.1) is 0 Å². The van der Waals surface area contributed by atoms with E-state index in [1.54, 1.807) is 12.1 Å². The molecule has 0 aromatic heterocycles. The molecule has 2 aliphatic rings. The molecule has 12 heteroatoms. The van der Waals surface area contributed by atoms with Gasteiger partial charge in [-0.2, -0.15) is 0 Å². The monoisotopic (exact) mass is 414 g/mol. The number of benzene rings is 1. The van der Waals surface area contributed by atoms with Crippen LogP contribution < -0.4 is 21.7 Å². The molecule has 3 rings (SSSR count). The fraction of sp³-hybridized carbons (Fsp3) is 0.444. The van der Waals surface area contributed by atoms with Gasteiger partial charge in [-0.25, -0.2) is 0 Å². The van der Waals surface area contributed by atoms with Crippen molar-refractivity contribution in [1.29, 1.82) is 0 Å². The zero-order valence-corrected chi connectivity index (χ0v) is 16.1. The van der Waals surface area contributed by atoms with Gasteiger partial charge in [0, 0.05) is 35.3 Å². The Morgan fingerprint density at radius 2 is 2.00 bits per heavy atom. The molecule has 1 aromatic rings. The molecule has 4 amide bonds. The molecule has 12 nitrogen and oxygen atoms in total. The van der Waals surface area contributed by atoms with E-state index in [4.69, 9.17) is 11.3 Å². The summed E-state index contributed by atoms with van der Waals surface area (Å²) in [7, 11) is 0. The number of likely N-dealkylation sites (tertiary alicyclic amines) is 1.